The summed E-state index contributed by atoms with van der Waals surface area (Å²) in [6.07, 6.45) is 16.3. The Balaban J connectivity index is 1.50. The minimum atomic E-state index is -0.0350. The molecule has 3 rings (SSSR count). The Morgan fingerprint density at radius 3 is 2.72 bits per heavy atom. The van der Waals surface area contributed by atoms with Crippen molar-refractivity contribution in [1.82, 2.24) is 0 Å². The lowest BCUT2D eigenvalue weighted by molar-refractivity contribution is -0.0278. The highest BCUT2D eigenvalue weighted by Gasteiger charge is 2.40. The number of rotatable bonds is 3. The second kappa shape index (κ2) is 4.99. The second-order valence-electron chi connectivity index (χ2n) is 6.23. The average molecular weight is 248 g/mol. The fourth-order valence-electron chi connectivity index (χ4n) is 3.89. The van der Waals surface area contributed by atoms with Crippen molar-refractivity contribution in [3.05, 3.63) is 24.2 Å². The molecule has 1 fully saturated rings. The van der Waals surface area contributed by atoms with Crippen LogP contribution in [0.2, 0.25) is 0 Å². The first-order valence-corrected chi connectivity index (χ1v) is 7.42. The molecule has 0 aromatic heterocycles. The minimum absolute atomic E-state index is 0.0350. The van der Waals surface area contributed by atoms with Crippen molar-refractivity contribution in [2.45, 2.75) is 64.6 Å². The van der Waals surface area contributed by atoms with Crippen molar-refractivity contribution < 1.29 is 9.47 Å². The van der Waals surface area contributed by atoms with E-state index in [1.807, 2.05) is 0 Å². The van der Waals surface area contributed by atoms with Gasteiger partial charge < -0.3 is 9.47 Å². The Labute approximate surface area is 110 Å². The normalized spacial score (nSPS) is 35.6. The molecule has 2 nitrogen and oxygen atoms in total. The Hall–Kier alpha value is -0.920. The molecule has 0 bridgehead atoms. The summed E-state index contributed by atoms with van der Waals surface area (Å²) in [4.78, 5) is 0. The Morgan fingerprint density at radius 1 is 1.28 bits per heavy atom. The van der Waals surface area contributed by atoms with Crippen molar-refractivity contribution in [1.29, 1.82) is 0 Å². The van der Waals surface area contributed by atoms with Gasteiger partial charge in [0.25, 0.3) is 0 Å². The molecule has 1 saturated carbocycles. The summed E-state index contributed by atoms with van der Waals surface area (Å²) in [5.41, 5.74) is 2.28. The average Bonchev–Trinajstić information content (AvgIpc) is 3.01. The van der Waals surface area contributed by atoms with Crippen LogP contribution in [-0.4, -0.2) is 6.29 Å². The van der Waals surface area contributed by atoms with Gasteiger partial charge in [0.05, 0.1) is 0 Å². The molecule has 2 unspecified atom stereocenters. The van der Waals surface area contributed by atoms with E-state index < -0.39 is 0 Å². The summed E-state index contributed by atoms with van der Waals surface area (Å²) in [7, 11) is 0. The van der Waals surface area contributed by atoms with E-state index in [4.69, 9.17) is 9.47 Å². The third-order valence-electron chi connectivity index (χ3n) is 5.32. The molecule has 2 atom stereocenters. The molecule has 18 heavy (non-hydrogen) atoms. The summed E-state index contributed by atoms with van der Waals surface area (Å²) >= 11 is 0. The van der Waals surface area contributed by atoms with Gasteiger partial charge in [0.15, 0.2) is 0 Å². The van der Waals surface area contributed by atoms with E-state index in [1.54, 1.807) is 18.1 Å². The highest BCUT2D eigenvalue weighted by atomic mass is 16.7. The van der Waals surface area contributed by atoms with Crippen LogP contribution in [-0.2, 0) is 9.47 Å². The Kier molecular flexibility index (Phi) is 3.36. The highest BCUT2D eigenvalue weighted by molar-refractivity contribution is 5.12. The molecule has 0 radical (unpaired) electrons. The summed E-state index contributed by atoms with van der Waals surface area (Å²) in [5, 5.41) is 0. The molecule has 1 aliphatic heterocycles. The lowest BCUT2D eigenvalue weighted by Crippen LogP contribution is -2.26. The van der Waals surface area contributed by atoms with Crippen molar-refractivity contribution in [2.75, 3.05) is 0 Å². The third kappa shape index (κ3) is 2.30. The minimum Gasteiger partial charge on any atom is -0.459 e. The Morgan fingerprint density at radius 2 is 2.11 bits per heavy atom. The van der Waals surface area contributed by atoms with E-state index in [0.29, 0.717) is 5.41 Å². The molecule has 2 heteroatoms. The van der Waals surface area contributed by atoms with E-state index in [9.17, 15) is 0 Å². The van der Waals surface area contributed by atoms with Gasteiger partial charge in [-0.1, -0.05) is 31.4 Å². The molecule has 2 aliphatic carbocycles. The second-order valence-corrected chi connectivity index (χ2v) is 6.23. The van der Waals surface area contributed by atoms with Gasteiger partial charge in [0.2, 0.25) is 6.29 Å². The molecule has 3 aliphatic rings. The largest absolute Gasteiger partial charge is 0.459 e. The fraction of sp³-hybridized carbons (Fsp3) is 0.750. The fourth-order valence-corrected chi connectivity index (χ4v) is 3.89. The monoisotopic (exact) mass is 248 g/mol. The van der Waals surface area contributed by atoms with Crippen LogP contribution < -0.4 is 0 Å². The zero-order valence-corrected chi connectivity index (χ0v) is 11.4. The third-order valence-corrected chi connectivity index (χ3v) is 5.32. The molecule has 0 amide bonds. The molecule has 0 saturated heterocycles. The van der Waals surface area contributed by atoms with E-state index >= 15 is 0 Å². The number of ether oxygens (including phenoxy) is 2. The molecule has 1 heterocycles. The van der Waals surface area contributed by atoms with E-state index in [0.717, 1.165) is 18.8 Å². The first-order valence-electron chi connectivity index (χ1n) is 7.42. The van der Waals surface area contributed by atoms with Gasteiger partial charge in [0, 0.05) is 6.42 Å². The van der Waals surface area contributed by atoms with Crippen LogP contribution in [0.3, 0.4) is 0 Å². The lowest BCUT2D eigenvalue weighted by Gasteiger charge is -2.37. The SMILES string of the molecule is CC1CCCC12CC=C(CCC1OC=CO1)CC2. The maximum Gasteiger partial charge on any atom is 0.240 e. The maximum atomic E-state index is 5.32. The molecule has 0 N–H and O–H groups in total. The standard InChI is InChI=1S/C16H24O2/c1-13-3-2-8-16(13)9-6-14(7-10-16)4-5-15-17-11-12-18-15/h6,11-13,15H,2-5,7-10H2,1H3. The van der Waals surface area contributed by atoms with Crippen LogP contribution in [0.1, 0.15) is 58.3 Å². The van der Waals surface area contributed by atoms with Crippen LogP contribution in [0, 0.1) is 11.3 Å². The predicted molar refractivity (Wildman–Crippen MR) is 71.7 cm³/mol. The van der Waals surface area contributed by atoms with Crippen molar-refractivity contribution in [2.24, 2.45) is 11.3 Å². The quantitative estimate of drug-likeness (QED) is 0.683. The smallest absolute Gasteiger partial charge is 0.240 e. The van der Waals surface area contributed by atoms with Crippen LogP contribution >= 0.6 is 0 Å². The van der Waals surface area contributed by atoms with Gasteiger partial charge in [-0.2, -0.15) is 0 Å². The van der Waals surface area contributed by atoms with Gasteiger partial charge in [0.1, 0.15) is 12.5 Å². The zero-order valence-electron chi connectivity index (χ0n) is 11.4. The molecular formula is C16H24O2. The molecular weight excluding hydrogens is 224 g/mol. The number of allylic oxidation sites excluding steroid dienone is 2. The zero-order chi connectivity index (χ0) is 12.4. The first kappa shape index (κ1) is 12.1. The van der Waals surface area contributed by atoms with Gasteiger partial charge in [-0.3, -0.25) is 0 Å². The molecule has 0 aromatic carbocycles. The lowest BCUT2D eigenvalue weighted by atomic mass is 9.68. The summed E-state index contributed by atoms with van der Waals surface area (Å²) < 4.78 is 10.6. The van der Waals surface area contributed by atoms with Gasteiger partial charge in [-0.05, 0) is 43.4 Å². The predicted octanol–water partition coefficient (Wildman–Crippen LogP) is 4.53. The van der Waals surface area contributed by atoms with Gasteiger partial charge in [-0.15, -0.1) is 0 Å². The van der Waals surface area contributed by atoms with Crippen molar-refractivity contribution in [3.63, 3.8) is 0 Å². The molecule has 0 aromatic rings. The van der Waals surface area contributed by atoms with Gasteiger partial charge >= 0.3 is 0 Å². The Bertz CT molecular complexity index is 350. The van der Waals surface area contributed by atoms with Crippen molar-refractivity contribution in [3.8, 4) is 0 Å². The molecule has 100 valence electrons. The van der Waals surface area contributed by atoms with Crippen LogP contribution in [0.15, 0.2) is 24.2 Å². The summed E-state index contributed by atoms with van der Waals surface area (Å²) in [6, 6.07) is 0. The number of hydrogen-bond donors (Lipinski definition) is 0. The molecule has 1 spiro atoms. The van der Waals surface area contributed by atoms with Crippen molar-refractivity contribution >= 4 is 0 Å². The summed E-state index contributed by atoms with van der Waals surface area (Å²) in [6.45, 7) is 2.46. The van der Waals surface area contributed by atoms with Gasteiger partial charge in [-0.25, -0.2) is 0 Å². The highest BCUT2D eigenvalue weighted by Crippen LogP contribution is 2.52. The van der Waals surface area contributed by atoms with Crippen LogP contribution in [0.5, 0.6) is 0 Å². The first-order chi connectivity index (χ1) is 8.78. The van der Waals surface area contributed by atoms with E-state index in [-0.39, 0.29) is 6.29 Å². The number of hydrogen-bond acceptors (Lipinski definition) is 2. The maximum absolute atomic E-state index is 5.32. The van der Waals surface area contributed by atoms with Crippen LogP contribution in [0.4, 0.5) is 0 Å². The van der Waals surface area contributed by atoms with Crippen LogP contribution in [0.25, 0.3) is 0 Å². The van der Waals surface area contributed by atoms with E-state index in [2.05, 4.69) is 13.0 Å². The topological polar surface area (TPSA) is 18.5 Å². The summed E-state index contributed by atoms with van der Waals surface area (Å²) in [5.74, 6) is 0.931. The van der Waals surface area contributed by atoms with E-state index in [1.165, 1.54) is 38.5 Å².